The Kier molecular flexibility index (Phi) is 4.55. The molecule has 8 heteroatoms. The first kappa shape index (κ1) is 16.5. The van der Waals surface area contributed by atoms with E-state index >= 15 is 0 Å². The largest absolute Gasteiger partial charge is 0.290 e. The third-order valence-electron chi connectivity index (χ3n) is 3.43. The summed E-state index contributed by atoms with van der Waals surface area (Å²) in [7, 11) is -3.78. The Morgan fingerprint density at radius 2 is 2.04 bits per heavy atom. The number of hydrogen-bond acceptors (Lipinski definition) is 4. The first-order valence-electron chi connectivity index (χ1n) is 7.27. The molecule has 0 radical (unpaired) electrons. The first-order valence-corrected chi connectivity index (χ1v) is 9.14. The van der Waals surface area contributed by atoms with Gasteiger partial charge in [0.2, 0.25) is 5.28 Å². The second-order valence-corrected chi connectivity index (χ2v) is 7.03. The lowest BCUT2D eigenvalue weighted by atomic mass is 10.1. The maximum Gasteiger partial charge on any atom is 0.277 e. The lowest BCUT2D eigenvalue weighted by Gasteiger charge is -2.12. The van der Waals surface area contributed by atoms with Gasteiger partial charge in [0.1, 0.15) is 5.82 Å². The standard InChI is InChI=1S/C16H15ClN4O2S/c1-2-12-5-3-6-13(11-12)20-24(22,23)15-7-4-10-21(15)14-8-9-18-16(17)19-14/h3-11,20H,2H2,1H3. The van der Waals surface area contributed by atoms with Crippen LogP contribution in [-0.2, 0) is 16.4 Å². The van der Waals surface area contributed by atoms with E-state index in [9.17, 15) is 8.42 Å². The summed E-state index contributed by atoms with van der Waals surface area (Å²) in [6.07, 6.45) is 3.90. The Morgan fingerprint density at radius 1 is 1.21 bits per heavy atom. The molecule has 2 heterocycles. The maximum absolute atomic E-state index is 12.7. The van der Waals surface area contributed by atoms with Crippen LogP contribution in [-0.4, -0.2) is 23.0 Å². The van der Waals surface area contributed by atoms with Crippen molar-refractivity contribution >= 4 is 27.3 Å². The quantitative estimate of drug-likeness (QED) is 0.706. The average molecular weight is 363 g/mol. The molecule has 124 valence electrons. The molecule has 0 bridgehead atoms. The van der Waals surface area contributed by atoms with Crippen LogP contribution in [0.3, 0.4) is 0 Å². The van der Waals surface area contributed by atoms with E-state index < -0.39 is 10.0 Å². The maximum atomic E-state index is 12.7. The van der Waals surface area contributed by atoms with Gasteiger partial charge in [-0.05, 0) is 53.9 Å². The zero-order valence-corrected chi connectivity index (χ0v) is 14.4. The predicted octanol–water partition coefficient (Wildman–Crippen LogP) is 3.28. The SMILES string of the molecule is CCc1cccc(NS(=O)(=O)c2cccn2-c2ccnc(Cl)n2)c1. The van der Waals surface area contributed by atoms with Crippen LogP contribution >= 0.6 is 11.6 Å². The first-order chi connectivity index (χ1) is 11.5. The summed E-state index contributed by atoms with van der Waals surface area (Å²) in [5, 5.41) is 0.118. The van der Waals surface area contributed by atoms with E-state index in [2.05, 4.69) is 14.7 Å². The van der Waals surface area contributed by atoms with Crippen LogP contribution in [0.5, 0.6) is 0 Å². The van der Waals surface area contributed by atoms with E-state index in [1.807, 2.05) is 25.1 Å². The molecule has 0 aliphatic rings. The summed E-state index contributed by atoms with van der Waals surface area (Å²) < 4.78 is 29.5. The summed E-state index contributed by atoms with van der Waals surface area (Å²) in [5.74, 6) is 0.377. The van der Waals surface area contributed by atoms with Crippen LogP contribution in [0.4, 0.5) is 5.69 Å². The van der Waals surface area contributed by atoms with E-state index in [1.165, 1.54) is 16.8 Å². The summed E-state index contributed by atoms with van der Waals surface area (Å²) >= 11 is 5.79. The number of rotatable bonds is 5. The highest BCUT2D eigenvalue weighted by Gasteiger charge is 2.20. The van der Waals surface area contributed by atoms with Crippen molar-refractivity contribution in [3.05, 3.63) is 65.7 Å². The van der Waals surface area contributed by atoms with Crippen molar-refractivity contribution in [2.45, 2.75) is 18.4 Å². The van der Waals surface area contributed by atoms with Gasteiger partial charge in [0, 0.05) is 18.1 Å². The van der Waals surface area contributed by atoms with Crippen LogP contribution in [0.1, 0.15) is 12.5 Å². The molecule has 3 rings (SSSR count). The van der Waals surface area contributed by atoms with Crippen molar-refractivity contribution in [3.63, 3.8) is 0 Å². The summed E-state index contributed by atoms with van der Waals surface area (Å²) in [5.41, 5.74) is 1.57. The minimum absolute atomic E-state index is 0.0492. The Morgan fingerprint density at radius 3 is 2.79 bits per heavy atom. The molecule has 0 fully saturated rings. The number of halogens is 1. The van der Waals surface area contributed by atoms with Gasteiger partial charge in [-0.3, -0.25) is 9.29 Å². The van der Waals surface area contributed by atoms with Gasteiger partial charge in [-0.1, -0.05) is 19.1 Å². The Bertz CT molecular complexity index is 969. The molecular weight excluding hydrogens is 348 g/mol. The van der Waals surface area contributed by atoms with E-state index in [4.69, 9.17) is 11.6 Å². The highest BCUT2D eigenvalue weighted by molar-refractivity contribution is 7.92. The fourth-order valence-electron chi connectivity index (χ4n) is 2.30. The molecule has 0 aliphatic carbocycles. The number of anilines is 1. The van der Waals surface area contributed by atoms with Crippen molar-refractivity contribution in [2.75, 3.05) is 4.72 Å². The Balaban J connectivity index is 1.98. The minimum atomic E-state index is -3.78. The van der Waals surface area contributed by atoms with E-state index in [-0.39, 0.29) is 10.3 Å². The number of nitrogens with zero attached hydrogens (tertiary/aromatic N) is 3. The second-order valence-electron chi connectivity index (χ2n) is 5.06. The van der Waals surface area contributed by atoms with E-state index in [0.717, 1.165) is 12.0 Å². The van der Waals surface area contributed by atoms with Crippen molar-refractivity contribution in [2.24, 2.45) is 0 Å². The molecule has 24 heavy (non-hydrogen) atoms. The number of aromatic nitrogens is 3. The molecule has 0 saturated carbocycles. The lowest BCUT2D eigenvalue weighted by molar-refractivity contribution is 0.594. The monoisotopic (exact) mass is 362 g/mol. The molecular formula is C16H15ClN4O2S. The average Bonchev–Trinajstić information content (AvgIpc) is 3.05. The van der Waals surface area contributed by atoms with Crippen molar-refractivity contribution in [3.8, 4) is 5.82 Å². The fourth-order valence-corrected chi connectivity index (χ4v) is 3.65. The molecule has 1 N–H and O–H groups in total. The molecule has 0 aliphatic heterocycles. The van der Waals surface area contributed by atoms with Gasteiger partial charge < -0.3 is 0 Å². The highest BCUT2D eigenvalue weighted by atomic mass is 35.5. The molecule has 1 aromatic carbocycles. The number of hydrogen-bond donors (Lipinski definition) is 1. The number of benzene rings is 1. The zero-order valence-electron chi connectivity index (χ0n) is 12.8. The van der Waals surface area contributed by atoms with Crippen molar-refractivity contribution < 1.29 is 8.42 Å². The number of sulfonamides is 1. The van der Waals surface area contributed by atoms with Crippen LogP contribution in [0.2, 0.25) is 5.28 Å². The summed E-state index contributed by atoms with van der Waals surface area (Å²) in [4.78, 5) is 7.85. The van der Waals surface area contributed by atoms with Gasteiger partial charge in [0.05, 0.1) is 0 Å². The Labute approximate surface area is 145 Å². The van der Waals surface area contributed by atoms with E-state index in [0.29, 0.717) is 11.5 Å². The van der Waals surface area contributed by atoms with Gasteiger partial charge in [0.25, 0.3) is 10.0 Å². The third kappa shape index (κ3) is 3.42. The fraction of sp³-hybridized carbons (Fsp3) is 0.125. The highest BCUT2D eigenvalue weighted by Crippen LogP contribution is 2.20. The van der Waals surface area contributed by atoms with Gasteiger partial charge in [-0.2, -0.15) is 13.4 Å². The lowest BCUT2D eigenvalue weighted by Crippen LogP contribution is -2.17. The Hall–Kier alpha value is -2.38. The van der Waals surface area contributed by atoms with Gasteiger partial charge in [0.15, 0.2) is 5.03 Å². The normalized spacial score (nSPS) is 11.4. The molecule has 0 atom stereocenters. The summed E-state index contributed by atoms with van der Waals surface area (Å²) in [6.45, 7) is 2.01. The van der Waals surface area contributed by atoms with Crippen LogP contribution in [0.25, 0.3) is 5.82 Å². The number of nitrogens with one attached hydrogen (secondary N) is 1. The number of aryl methyl sites for hydroxylation is 1. The van der Waals surface area contributed by atoms with Gasteiger partial charge >= 0.3 is 0 Å². The zero-order chi connectivity index (χ0) is 17.2. The topological polar surface area (TPSA) is 76.9 Å². The van der Waals surface area contributed by atoms with E-state index in [1.54, 1.807) is 24.4 Å². The summed E-state index contributed by atoms with van der Waals surface area (Å²) in [6, 6.07) is 12.0. The van der Waals surface area contributed by atoms with Crippen LogP contribution in [0.15, 0.2) is 59.9 Å². The van der Waals surface area contributed by atoms with Crippen LogP contribution in [0, 0.1) is 0 Å². The molecule has 0 unspecified atom stereocenters. The minimum Gasteiger partial charge on any atom is -0.290 e. The van der Waals surface area contributed by atoms with Gasteiger partial charge in [-0.15, -0.1) is 0 Å². The molecule has 6 nitrogen and oxygen atoms in total. The van der Waals surface area contributed by atoms with Crippen molar-refractivity contribution in [1.82, 2.24) is 14.5 Å². The third-order valence-corrected chi connectivity index (χ3v) is 5.00. The smallest absolute Gasteiger partial charge is 0.277 e. The molecule has 0 amide bonds. The molecule has 2 aromatic heterocycles. The molecule has 0 spiro atoms. The molecule has 0 saturated heterocycles. The van der Waals surface area contributed by atoms with Crippen LogP contribution < -0.4 is 4.72 Å². The van der Waals surface area contributed by atoms with Crippen molar-refractivity contribution in [1.29, 1.82) is 0 Å². The molecule has 3 aromatic rings. The second kappa shape index (κ2) is 6.62. The van der Waals surface area contributed by atoms with Gasteiger partial charge in [-0.25, -0.2) is 4.98 Å². The predicted molar refractivity (Wildman–Crippen MR) is 93.0 cm³/mol.